The Morgan fingerprint density at radius 2 is 2.17 bits per heavy atom. The second kappa shape index (κ2) is 2.42. The molecule has 1 fully saturated rings. The first-order valence-corrected chi connectivity index (χ1v) is 3.89. The molecule has 4 heteroatoms. The van der Waals surface area contributed by atoms with Crippen molar-refractivity contribution in [2.45, 2.75) is 12.5 Å². The first-order valence-electron chi connectivity index (χ1n) is 3.89. The first-order chi connectivity index (χ1) is 5.70. The lowest BCUT2D eigenvalue weighted by Gasteiger charge is -2.21. The number of nitrogens with one attached hydrogen (secondary N) is 1. The molecule has 1 aliphatic heterocycles. The highest BCUT2D eigenvalue weighted by atomic mass is 16.3. The molecule has 0 aromatic rings. The molecule has 64 valence electrons. The van der Waals surface area contributed by atoms with Crippen molar-refractivity contribution in [1.29, 1.82) is 0 Å². The van der Waals surface area contributed by atoms with E-state index in [1.165, 1.54) is 0 Å². The van der Waals surface area contributed by atoms with Gasteiger partial charge in [0.1, 0.15) is 0 Å². The van der Waals surface area contributed by atoms with Crippen LogP contribution in [0, 0.1) is 11.8 Å². The lowest BCUT2D eigenvalue weighted by atomic mass is 9.84. The zero-order valence-corrected chi connectivity index (χ0v) is 6.36. The standard InChI is InChI=1S/C8H9NO3/c10-5-3-1-2-4-6(5)8(12)9-7(4)11/h1-2,4-6,10H,3H2,(H,9,11,12). The van der Waals surface area contributed by atoms with Gasteiger partial charge >= 0.3 is 0 Å². The molecule has 2 rings (SSSR count). The fraction of sp³-hybridized carbons (Fsp3) is 0.500. The molecule has 2 N–H and O–H groups in total. The Kier molecular flexibility index (Phi) is 1.51. The molecular weight excluding hydrogens is 158 g/mol. The molecule has 0 aromatic heterocycles. The zero-order valence-electron chi connectivity index (χ0n) is 6.36. The average Bonchev–Trinajstić information content (AvgIpc) is 2.29. The van der Waals surface area contributed by atoms with Crippen LogP contribution in [0.3, 0.4) is 0 Å². The number of rotatable bonds is 0. The van der Waals surface area contributed by atoms with Crippen LogP contribution in [-0.2, 0) is 9.59 Å². The molecule has 4 nitrogen and oxygen atoms in total. The largest absolute Gasteiger partial charge is 0.392 e. The molecule has 0 bridgehead atoms. The molecule has 0 radical (unpaired) electrons. The highest BCUT2D eigenvalue weighted by Gasteiger charge is 2.45. The molecule has 1 heterocycles. The maximum Gasteiger partial charge on any atom is 0.234 e. The lowest BCUT2D eigenvalue weighted by molar-refractivity contribution is -0.127. The summed E-state index contributed by atoms with van der Waals surface area (Å²) in [5, 5.41) is 11.6. The third-order valence-electron chi connectivity index (χ3n) is 2.37. The van der Waals surface area contributed by atoms with E-state index in [9.17, 15) is 14.7 Å². The van der Waals surface area contributed by atoms with E-state index in [0.29, 0.717) is 6.42 Å². The molecule has 0 spiro atoms. The summed E-state index contributed by atoms with van der Waals surface area (Å²) >= 11 is 0. The van der Waals surface area contributed by atoms with Crippen LogP contribution in [0.4, 0.5) is 0 Å². The van der Waals surface area contributed by atoms with Crippen LogP contribution in [-0.4, -0.2) is 23.0 Å². The van der Waals surface area contributed by atoms with Gasteiger partial charge in [-0.2, -0.15) is 0 Å². The van der Waals surface area contributed by atoms with E-state index in [-0.39, 0.29) is 11.8 Å². The Bertz CT molecular complexity index is 271. The highest BCUT2D eigenvalue weighted by Crippen LogP contribution is 2.29. The summed E-state index contributed by atoms with van der Waals surface area (Å²) < 4.78 is 0. The Morgan fingerprint density at radius 1 is 1.42 bits per heavy atom. The van der Waals surface area contributed by atoms with Crippen LogP contribution < -0.4 is 5.32 Å². The van der Waals surface area contributed by atoms with Gasteiger partial charge < -0.3 is 5.11 Å². The molecule has 0 aromatic carbocycles. The first kappa shape index (κ1) is 7.49. The van der Waals surface area contributed by atoms with Crippen molar-refractivity contribution >= 4 is 11.8 Å². The number of hydrogen-bond donors (Lipinski definition) is 2. The summed E-state index contributed by atoms with van der Waals surface area (Å²) in [6.07, 6.45) is 3.19. The molecule has 12 heavy (non-hydrogen) atoms. The van der Waals surface area contributed by atoms with Crippen LogP contribution >= 0.6 is 0 Å². The second-order valence-corrected chi connectivity index (χ2v) is 3.14. The van der Waals surface area contributed by atoms with Gasteiger partial charge in [-0.25, -0.2) is 0 Å². The van der Waals surface area contributed by atoms with Crippen LogP contribution in [0.15, 0.2) is 12.2 Å². The Hall–Kier alpha value is -1.16. The third kappa shape index (κ3) is 0.881. The topological polar surface area (TPSA) is 66.4 Å². The molecule has 1 saturated heterocycles. The quantitative estimate of drug-likeness (QED) is 0.366. The van der Waals surface area contributed by atoms with Gasteiger partial charge in [0.15, 0.2) is 0 Å². The van der Waals surface area contributed by atoms with Gasteiger partial charge in [-0.15, -0.1) is 0 Å². The maximum absolute atomic E-state index is 11.1. The van der Waals surface area contributed by atoms with E-state index in [4.69, 9.17) is 0 Å². The van der Waals surface area contributed by atoms with Gasteiger partial charge in [-0.1, -0.05) is 12.2 Å². The fourth-order valence-corrected chi connectivity index (χ4v) is 1.75. The summed E-state index contributed by atoms with van der Waals surface area (Å²) in [6, 6.07) is 0. The summed E-state index contributed by atoms with van der Waals surface area (Å²) in [5.74, 6) is -1.63. The predicted molar refractivity (Wildman–Crippen MR) is 39.9 cm³/mol. The highest BCUT2D eigenvalue weighted by molar-refractivity contribution is 6.06. The second-order valence-electron chi connectivity index (χ2n) is 3.14. The van der Waals surface area contributed by atoms with Crippen LogP contribution in [0.25, 0.3) is 0 Å². The Morgan fingerprint density at radius 3 is 2.83 bits per heavy atom. The molecule has 0 saturated carbocycles. The van der Waals surface area contributed by atoms with Gasteiger partial charge in [-0.3, -0.25) is 14.9 Å². The minimum absolute atomic E-state index is 0.292. The normalized spacial score (nSPS) is 39.6. The van der Waals surface area contributed by atoms with Gasteiger partial charge in [0, 0.05) is 0 Å². The van der Waals surface area contributed by atoms with E-state index >= 15 is 0 Å². The van der Waals surface area contributed by atoms with Crippen LogP contribution in [0.5, 0.6) is 0 Å². The van der Waals surface area contributed by atoms with Gasteiger partial charge in [0.05, 0.1) is 17.9 Å². The molecule has 3 atom stereocenters. The zero-order chi connectivity index (χ0) is 8.72. The van der Waals surface area contributed by atoms with Crippen molar-refractivity contribution in [3.63, 3.8) is 0 Å². The van der Waals surface area contributed by atoms with E-state index in [2.05, 4.69) is 5.32 Å². The van der Waals surface area contributed by atoms with Gasteiger partial charge in [-0.05, 0) is 6.42 Å². The van der Waals surface area contributed by atoms with Crippen molar-refractivity contribution < 1.29 is 14.7 Å². The molecule has 1 aliphatic carbocycles. The summed E-state index contributed by atoms with van der Waals surface area (Å²) in [6.45, 7) is 0. The van der Waals surface area contributed by atoms with Gasteiger partial charge in [0.2, 0.25) is 11.8 Å². The molecule has 2 amide bonds. The van der Waals surface area contributed by atoms with E-state index in [0.717, 1.165) is 0 Å². The molecule has 2 aliphatic rings. The number of hydrogen-bond acceptors (Lipinski definition) is 3. The Balaban J connectivity index is 2.34. The number of carbonyl (C=O) groups is 2. The summed E-state index contributed by atoms with van der Waals surface area (Å²) in [5.41, 5.74) is 0. The summed E-state index contributed by atoms with van der Waals surface area (Å²) in [4.78, 5) is 22.2. The number of fused-ring (bicyclic) bond motifs is 1. The van der Waals surface area contributed by atoms with E-state index in [1.807, 2.05) is 0 Å². The average molecular weight is 167 g/mol. The summed E-state index contributed by atoms with van der Waals surface area (Å²) in [7, 11) is 0. The minimum Gasteiger partial charge on any atom is -0.392 e. The number of imide groups is 1. The number of amides is 2. The SMILES string of the molecule is O=C1NC(=O)C2C(O)CC=CC12. The third-order valence-corrected chi connectivity index (χ3v) is 2.37. The minimum atomic E-state index is -0.702. The van der Waals surface area contributed by atoms with Crippen molar-refractivity contribution in [1.82, 2.24) is 5.32 Å². The number of aliphatic hydroxyl groups excluding tert-OH is 1. The van der Waals surface area contributed by atoms with Crippen molar-refractivity contribution in [3.8, 4) is 0 Å². The Labute approximate surface area is 69.3 Å². The lowest BCUT2D eigenvalue weighted by Crippen LogP contribution is -2.32. The van der Waals surface area contributed by atoms with Crippen molar-refractivity contribution in [2.24, 2.45) is 11.8 Å². The number of aliphatic hydroxyl groups is 1. The van der Waals surface area contributed by atoms with Gasteiger partial charge in [0.25, 0.3) is 0 Å². The van der Waals surface area contributed by atoms with Crippen molar-refractivity contribution in [2.75, 3.05) is 0 Å². The maximum atomic E-state index is 11.1. The molecular formula is C8H9NO3. The molecule has 3 unspecified atom stereocenters. The van der Waals surface area contributed by atoms with Crippen LogP contribution in [0.1, 0.15) is 6.42 Å². The van der Waals surface area contributed by atoms with E-state index < -0.39 is 17.9 Å². The predicted octanol–water partition coefficient (Wildman–Crippen LogP) is -0.804. The number of carbonyl (C=O) groups excluding carboxylic acids is 2. The smallest absolute Gasteiger partial charge is 0.234 e. The van der Waals surface area contributed by atoms with Crippen LogP contribution in [0.2, 0.25) is 0 Å². The monoisotopic (exact) mass is 167 g/mol. The van der Waals surface area contributed by atoms with Crippen molar-refractivity contribution in [3.05, 3.63) is 12.2 Å². The van der Waals surface area contributed by atoms with E-state index in [1.54, 1.807) is 12.2 Å². The fourth-order valence-electron chi connectivity index (χ4n) is 1.75.